The summed E-state index contributed by atoms with van der Waals surface area (Å²) in [4.78, 5) is 11.6. The molecule has 2 rings (SSSR count). The summed E-state index contributed by atoms with van der Waals surface area (Å²) < 4.78 is 0.928. The first-order chi connectivity index (χ1) is 9.47. The lowest BCUT2D eigenvalue weighted by molar-refractivity contribution is -0.130. The molecule has 0 unspecified atom stereocenters. The van der Waals surface area contributed by atoms with Crippen LogP contribution in [0.15, 0.2) is 46.9 Å². The average Bonchev–Trinajstić information content (AvgIpc) is 2.39. The van der Waals surface area contributed by atoms with Gasteiger partial charge in [0.05, 0.1) is 5.57 Å². The highest BCUT2D eigenvalue weighted by molar-refractivity contribution is 9.10. The predicted octanol–water partition coefficient (Wildman–Crippen LogP) is 4.69. The van der Waals surface area contributed by atoms with Gasteiger partial charge in [0.1, 0.15) is 0 Å². The molecular formula is C17H15BrO2. The van der Waals surface area contributed by atoms with Crippen molar-refractivity contribution >= 4 is 33.5 Å². The van der Waals surface area contributed by atoms with E-state index in [2.05, 4.69) is 15.9 Å². The lowest BCUT2D eigenvalue weighted by Gasteiger charge is -2.08. The molecule has 20 heavy (non-hydrogen) atoms. The zero-order valence-corrected chi connectivity index (χ0v) is 12.9. The molecule has 0 spiro atoms. The standard InChI is InChI=1S/C17H15BrO2/c1-11-6-7-12(2)15(8-11)16(17(19)20)10-13-4-3-5-14(18)9-13/h3-10H,1-2H3,(H,19,20)/b16-10-. The second-order valence-corrected chi connectivity index (χ2v) is 5.65. The molecule has 0 amide bonds. The number of aliphatic carboxylic acids is 1. The second kappa shape index (κ2) is 6.06. The Labute approximate surface area is 126 Å². The van der Waals surface area contributed by atoms with Gasteiger partial charge in [-0.25, -0.2) is 4.79 Å². The summed E-state index contributed by atoms with van der Waals surface area (Å²) in [5, 5.41) is 9.49. The number of benzene rings is 2. The van der Waals surface area contributed by atoms with Crippen molar-refractivity contribution in [2.75, 3.05) is 0 Å². The third-order valence-electron chi connectivity index (χ3n) is 3.07. The molecule has 2 aromatic rings. The molecule has 3 heteroatoms. The largest absolute Gasteiger partial charge is 0.478 e. The summed E-state index contributed by atoms with van der Waals surface area (Å²) in [5.41, 5.74) is 3.94. The molecule has 1 N–H and O–H groups in total. The topological polar surface area (TPSA) is 37.3 Å². The number of carbonyl (C=O) groups is 1. The van der Waals surface area contributed by atoms with Crippen molar-refractivity contribution in [3.63, 3.8) is 0 Å². The number of hydrogen-bond donors (Lipinski definition) is 1. The van der Waals surface area contributed by atoms with Crippen LogP contribution in [0.4, 0.5) is 0 Å². The van der Waals surface area contributed by atoms with Crippen molar-refractivity contribution < 1.29 is 9.90 Å². The summed E-state index contributed by atoms with van der Waals surface area (Å²) in [7, 11) is 0. The van der Waals surface area contributed by atoms with Crippen LogP contribution in [0.25, 0.3) is 11.6 Å². The van der Waals surface area contributed by atoms with Crippen LogP contribution in [0.2, 0.25) is 0 Å². The molecule has 0 aliphatic heterocycles. The van der Waals surface area contributed by atoms with Crippen LogP contribution in [0, 0.1) is 13.8 Å². The van der Waals surface area contributed by atoms with E-state index in [1.165, 1.54) is 0 Å². The molecule has 102 valence electrons. The summed E-state index contributed by atoms with van der Waals surface area (Å²) in [6, 6.07) is 13.4. The number of aryl methyl sites for hydroxylation is 2. The highest BCUT2D eigenvalue weighted by Gasteiger charge is 2.13. The van der Waals surface area contributed by atoms with Gasteiger partial charge in [-0.1, -0.05) is 51.8 Å². The van der Waals surface area contributed by atoms with Gasteiger partial charge in [0.15, 0.2) is 0 Å². The number of carboxylic acid groups (broad SMARTS) is 1. The smallest absolute Gasteiger partial charge is 0.336 e. The van der Waals surface area contributed by atoms with Crippen LogP contribution in [-0.4, -0.2) is 11.1 Å². The van der Waals surface area contributed by atoms with E-state index in [4.69, 9.17) is 0 Å². The molecule has 0 saturated heterocycles. The minimum Gasteiger partial charge on any atom is -0.478 e. The molecule has 0 fully saturated rings. The fourth-order valence-corrected chi connectivity index (χ4v) is 2.46. The van der Waals surface area contributed by atoms with Gasteiger partial charge in [0, 0.05) is 4.47 Å². The van der Waals surface area contributed by atoms with E-state index in [0.717, 1.165) is 26.7 Å². The Kier molecular flexibility index (Phi) is 4.40. The third-order valence-corrected chi connectivity index (χ3v) is 3.57. The minimum absolute atomic E-state index is 0.310. The highest BCUT2D eigenvalue weighted by atomic mass is 79.9. The molecule has 0 saturated carbocycles. The molecule has 0 heterocycles. The maximum Gasteiger partial charge on any atom is 0.336 e. The van der Waals surface area contributed by atoms with Gasteiger partial charge in [-0.05, 0) is 48.7 Å². The Morgan fingerprint density at radius 1 is 1.15 bits per heavy atom. The zero-order chi connectivity index (χ0) is 14.7. The van der Waals surface area contributed by atoms with Crippen molar-refractivity contribution in [3.05, 3.63) is 69.2 Å². The zero-order valence-electron chi connectivity index (χ0n) is 11.4. The van der Waals surface area contributed by atoms with Crippen LogP contribution in [-0.2, 0) is 4.79 Å². The van der Waals surface area contributed by atoms with Gasteiger partial charge in [-0.2, -0.15) is 0 Å². The number of hydrogen-bond acceptors (Lipinski definition) is 1. The van der Waals surface area contributed by atoms with E-state index < -0.39 is 5.97 Å². The van der Waals surface area contributed by atoms with Gasteiger partial charge < -0.3 is 5.11 Å². The Hall–Kier alpha value is -1.87. The first-order valence-corrected chi connectivity index (χ1v) is 7.05. The van der Waals surface area contributed by atoms with Crippen LogP contribution in [0.1, 0.15) is 22.3 Å². The van der Waals surface area contributed by atoms with Gasteiger partial charge in [0.25, 0.3) is 0 Å². The Morgan fingerprint density at radius 2 is 1.90 bits per heavy atom. The first-order valence-electron chi connectivity index (χ1n) is 6.25. The average molecular weight is 331 g/mol. The van der Waals surface area contributed by atoms with Crippen LogP contribution >= 0.6 is 15.9 Å². The van der Waals surface area contributed by atoms with E-state index in [0.29, 0.717) is 5.57 Å². The fraction of sp³-hybridized carbons (Fsp3) is 0.118. The molecule has 0 radical (unpaired) electrons. The van der Waals surface area contributed by atoms with Crippen LogP contribution in [0.5, 0.6) is 0 Å². The molecule has 0 atom stereocenters. The fourth-order valence-electron chi connectivity index (χ4n) is 2.04. The molecule has 0 aliphatic rings. The van der Waals surface area contributed by atoms with E-state index in [1.807, 2.05) is 56.3 Å². The lowest BCUT2D eigenvalue weighted by Crippen LogP contribution is -2.02. The van der Waals surface area contributed by atoms with Crippen molar-refractivity contribution in [1.82, 2.24) is 0 Å². The quantitative estimate of drug-likeness (QED) is 0.654. The van der Waals surface area contributed by atoms with Crippen molar-refractivity contribution in [2.45, 2.75) is 13.8 Å². The van der Waals surface area contributed by atoms with Gasteiger partial charge >= 0.3 is 5.97 Å². The summed E-state index contributed by atoms with van der Waals surface area (Å²) in [6.45, 7) is 3.88. The van der Waals surface area contributed by atoms with Gasteiger partial charge in [-0.15, -0.1) is 0 Å². The Morgan fingerprint density at radius 3 is 2.55 bits per heavy atom. The maximum absolute atomic E-state index is 11.6. The second-order valence-electron chi connectivity index (χ2n) is 4.74. The predicted molar refractivity (Wildman–Crippen MR) is 85.6 cm³/mol. The van der Waals surface area contributed by atoms with E-state index in [9.17, 15) is 9.90 Å². The molecule has 2 aromatic carbocycles. The summed E-state index contributed by atoms with van der Waals surface area (Å²) in [5.74, 6) is -0.918. The lowest BCUT2D eigenvalue weighted by atomic mass is 9.96. The van der Waals surface area contributed by atoms with Crippen LogP contribution in [0.3, 0.4) is 0 Å². The van der Waals surface area contributed by atoms with E-state index >= 15 is 0 Å². The molecule has 0 bridgehead atoms. The Balaban J connectivity index is 2.57. The van der Waals surface area contributed by atoms with E-state index in [1.54, 1.807) is 6.08 Å². The Bertz CT molecular complexity index is 687. The SMILES string of the molecule is Cc1ccc(C)c(/C(=C/c2cccc(Br)c2)C(=O)O)c1. The van der Waals surface area contributed by atoms with Crippen molar-refractivity contribution in [1.29, 1.82) is 0 Å². The first kappa shape index (κ1) is 14.5. The summed E-state index contributed by atoms with van der Waals surface area (Å²) >= 11 is 3.39. The molecule has 0 aliphatic carbocycles. The van der Waals surface area contributed by atoms with Crippen molar-refractivity contribution in [2.24, 2.45) is 0 Å². The number of rotatable bonds is 3. The molecule has 2 nitrogen and oxygen atoms in total. The normalized spacial score (nSPS) is 11.4. The van der Waals surface area contributed by atoms with E-state index in [-0.39, 0.29) is 0 Å². The maximum atomic E-state index is 11.6. The van der Waals surface area contributed by atoms with Crippen LogP contribution < -0.4 is 0 Å². The van der Waals surface area contributed by atoms with Crippen molar-refractivity contribution in [3.8, 4) is 0 Å². The minimum atomic E-state index is -0.918. The molecule has 0 aromatic heterocycles. The molecular weight excluding hydrogens is 316 g/mol. The summed E-state index contributed by atoms with van der Waals surface area (Å²) in [6.07, 6.45) is 1.70. The van der Waals surface area contributed by atoms with Gasteiger partial charge in [-0.3, -0.25) is 0 Å². The monoisotopic (exact) mass is 330 g/mol. The van der Waals surface area contributed by atoms with Gasteiger partial charge in [0.2, 0.25) is 0 Å². The number of carboxylic acids is 1. The third kappa shape index (κ3) is 3.36. The highest BCUT2D eigenvalue weighted by Crippen LogP contribution is 2.24. The number of halogens is 1.